The molecule has 0 amide bonds. The Bertz CT molecular complexity index is 801. The first-order valence-corrected chi connectivity index (χ1v) is 9.96. The molecule has 2 heteroatoms. The monoisotopic (exact) mass is 360 g/mol. The fraction of sp³-hybridized carbons (Fsp3) is 0.360. The fourth-order valence-corrected chi connectivity index (χ4v) is 4.20. The van der Waals surface area contributed by atoms with E-state index in [1.54, 1.807) is 0 Å². The van der Waals surface area contributed by atoms with Gasteiger partial charge in [0, 0.05) is 12.7 Å². The minimum atomic E-state index is 0.142. The van der Waals surface area contributed by atoms with Crippen molar-refractivity contribution in [2.24, 2.45) is 11.3 Å². The molecule has 0 aliphatic carbocycles. The molecule has 1 aliphatic rings. The third-order valence-corrected chi connectivity index (χ3v) is 6.10. The van der Waals surface area contributed by atoms with Crippen LogP contribution in [0.25, 0.3) is 16.8 Å². The van der Waals surface area contributed by atoms with E-state index in [1.807, 2.05) is 7.05 Å². The molecule has 0 aromatic heterocycles. The van der Waals surface area contributed by atoms with Crippen LogP contribution in [0, 0.1) is 11.3 Å². The smallest absolute Gasteiger partial charge is 0.0338 e. The van der Waals surface area contributed by atoms with Crippen LogP contribution in [0.5, 0.6) is 0 Å². The maximum Gasteiger partial charge on any atom is 0.0338 e. The Balaban J connectivity index is 1.85. The van der Waals surface area contributed by atoms with Gasteiger partial charge < -0.3 is 10.6 Å². The maximum absolute atomic E-state index is 4.19. The van der Waals surface area contributed by atoms with Crippen molar-refractivity contribution < 1.29 is 0 Å². The minimum Gasteiger partial charge on any atom is -0.388 e. The van der Waals surface area contributed by atoms with Gasteiger partial charge in [-0.2, -0.15) is 0 Å². The molecule has 0 radical (unpaired) electrons. The van der Waals surface area contributed by atoms with E-state index in [2.05, 4.69) is 85.3 Å². The maximum atomic E-state index is 4.19. The van der Waals surface area contributed by atoms with Gasteiger partial charge in [-0.1, -0.05) is 62.0 Å². The molecule has 27 heavy (non-hydrogen) atoms. The minimum absolute atomic E-state index is 0.142. The van der Waals surface area contributed by atoms with Crippen LogP contribution in [0.1, 0.15) is 30.9 Å². The van der Waals surface area contributed by atoms with Gasteiger partial charge in [0.1, 0.15) is 0 Å². The Kier molecular flexibility index (Phi) is 6.18. The van der Waals surface area contributed by atoms with Crippen molar-refractivity contribution >= 4 is 5.70 Å². The molecule has 3 rings (SSSR count). The van der Waals surface area contributed by atoms with E-state index < -0.39 is 0 Å². The van der Waals surface area contributed by atoms with Gasteiger partial charge >= 0.3 is 0 Å². The van der Waals surface area contributed by atoms with Gasteiger partial charge in [0.2, 0.25) is 0 Å². The lowest BCUT2D eigenvalue weighted by Gasteiger charge is -2.38. The molecule has 2 aromatic carbocycles. The number of hydrogen-bond acceptors (Lipinski definition) is 2. The van der Waals surface area contributed by atoms with E-state index in [0.29, 0.717) is 5.92 Å². The number of nitrogens with one attached hydrogen (secondary N) is 2. The lowest BCUT2D eigenvalue weighted by atomic mass is 9.69. The number of allylic oxidation sites excluding steroid dienone is 1. The zero-order chi connectivity index (χ0) is 19.3. The first-order valence-electron chi connectivity index (χ1n) is 9.96. The molecule has 2 aromatic rings. The first-order chi connectivity index (χ1) is 13.1. The van der Waals surface area contributed by atoms with Crippen LogP contribution in [-0.4, -0.2) is 20.1 Å². The zero-order valence-electron chi connectivity index (χ0n) is 16.7. The number of rotatable bonds is 7. The highest BCUT2D eigenvalue weighted by Crippen LogP contribution is 2.38. The summed E-state index contributed by atoms with van der Waals surface area (Å²) in [5.41, 5.74) is 6.08. The topological polar surface area (TPSA) is 24.1 Å². The number of benzene rings is 2. The summed E-state index contributed by atoms with van der Waals surface area (Å²) < 4.78 is 0. The Morgan fingerprint density at radius 1 is 1.15 bits per heavy atom. The van der Waals surface area contributed by atoms with Gasteiger partial charge in [-0.25, -0.2) is 0 Å². The first kappa shape index (κ1) is 19.4. The van der Waals surface area contributed by atoms with Crippen LogP contribution >= 0.6 is 0 Å². The van der Waals surface area contributed by atoms with Crippen molar-refractivity contribution in [2.75, 3.05) is 20.1 Å². The standard InChI is InChI=1S/C25H32N2/c1-5-25(3,24-12-14-27-15-13-24)18-20-8-6-10-22(16-20)23-11-7-9-21(17-23)19(2)26-4/h5-11,16-17,24,26-27H,1-2,12-15,18H2,3-4H3. The van der Waals surface area contributed by atoms with E-state index in [9.17, 15) is 0 Å². The molecule has 0 bridgehead atoms. The highest BCUT2D eigenvalue weighted by molar-refractivity contribution is 5.71. The van der Waals surface area contributed by atoms with Crippen molar-refractivity contribution in [3.05, 3.63) is 78.9 Å². The normalized spacial score (nSPS) is 17.1. The van der Waals surface area contributed by atoms with E-state index in [-0.39, 0.29) is 5.41 Å². The van der Waals surface area contributed by atoms with Crippen molar-refractivity contribution in [2.45, 2.75) is 26.2 Å². The third-order valence-electron chi connectivity index (χ3n) is 6.10. The highest BCUT2D eigenvalue weighted by Gasteiger charge is 2.32. The SMILES string of the molecule is C=CC(C)(Cc1cccc(-c2cccc(C(=C)NC)c2)c1)C1CCNCC1. The zero-order valence-corrected chi connectivity index (χ0v) is 16.7. The van der Waals surface area contributed by atoms with E-state index in [1.165, 1.54) is 29.5 Å². The highest BCUT2D eigenvalue weighted by atomic mass is 14.9. The quantitative estimate of drug-likeness (QED) is 0.657. The lowest BCUT2D eigenvalue weighted by Crippen LogP contribution is -2.37. The summed E-state index contributed by atoms with van der Waals surface area (Å²) in [6.07, 6.45) is 5.69. The molecular formula is C25H32N2. The molecule has 1 fully saturated rings. The Morgan fingerprint density at radius 2 is 1.81 bits per heavy atom. The van der Waals surface area contributed by atoms with Crippen molar-refractivity contribution in [3.8, 4) is 11.1 Å². The molecule has 142 valence electrons. The fourth-order valence-electron chi connectivity index (χ4n) is 4.20. The van der Waals surface area contributed by atoms with Gasteiger partial charge in [-0.3, -0.25) is 0 Å². The summed E-state index contributed by atoms with van der Waals surface area (Å²) in [6.45, 7) is 12.9. The molecule has 1 unspecified atom stereocenters. The molecule has 1 saturated heterocycles. The van der Waals surface area contributed by atoms with Crippen LogP contribution in [0.15, 0.2) is 67.8 Å². The third kappa shape index (κ3) is 4.51. The summed E-state index contributed by atoms with van der Waals surface area (Å²) in [7, 11) is 1.91. The molecule has 2 nitrogen and oxygen atoms in total. The van der Waals surface area contributed by atoms with Gasteiger partial charge in [0.15, 0.2) is 0 Å². The van der Waals surface area contributed by atoms with E-state index in [4.69, 9.17) is 0 Å². The van der Waals surface area contributed by atoms with Crippen LogP contribution in [-0.2, 0) is 6.42 Å². The van der Waals surface area contributed by atoms with Gasteiger partial charge in [-0.05, 0) is 72.0 Å². The molecule has 0 spiro atoms. The largest absolute Gasteiger partial charge is 0.388 e. The second kappa shape index (κ2) is 8.58. The average Bonchev–Trinajstić information content (AvgIpc) is 2.74. The Hall–Kier alpha value is -2.32. The molecule has 2 N–H and O–H groups in total. The van der Waals surface area contributed by atoms with Crippen LogP contribution in [0.4, 0.5) is 0 Å². The van der Waals surface area contributed by atoms with Gasteiger partial charge in [0.05, 0.1) is 0 Å². The van der Waals surface area contributed by atoms with Crippen molar-refractivity contribution in [3.63, 3.8) is 0 Å². The van der Waals surface area contributed by atoms with Crippen LogP contribution < -0.4 is 10.6 Å². The second-order valence-electron chi connectivity index (χ2n) is 7.92. The second-order valence-corrected chi connectivity index (χ2v) is 7.92. The lowest BCUT2D eigenvalue weighted by molar-refractivity contribution is 0.198. The van der Waals surface area contributed by atoms with E-state index in [0.717, 1.165) is 30.8 Å². The van der Waals surface area contributed by atoms with E-state index >= 15 is 0 Å². The number of hydrogen-bond donors (Lipinski definition) is 2. The predicted octanol–water partition coefficient (Wildman–Crippen LogP) is 5.28. The van der Waals surface area contributed by atoms with Crippen LogP contribution in [0.2, 0.25) is 0 Å². The predicted molar refractivity (Wildman–Crippen MR) is 118 cm³/mol. The summed E-state index contributed by atoms with van der Waals surface area (Å²) >= 11 is 0. The summed E-state index contributed by atoms with van der Waals surface area (Å²) in [5, 5.41) is 6.61. The van der Waals surface area contributed by atoms with Crippen molar-refractivity contribution in [1.82, 2.24) is 10.6 Å². The molecule has 1 heterocycles. The summed E-state index contributed by atoms with van der Waals surface area (Å²) in [6, 6.07) is 17.5. The summed E-state index contributed by atoms with van der Waals surface area (Å²) in [4.78, 5) is 0. The Labute approximate surface area is 164 Å². The Morgan fingerprint density at radius 3 is 2.48 bits per heavy atom. The van der Waals surface area contributed by atoms with Gasteiger partial charge in [-0.15, -0.1) is 6.58 Å². The molecule has 1 aliphatic heterocycles. The molecule has 0 saturated carbocycles. The van der Waals surface area contributed by atoms with Crippen molar-refractivity contribution in [1.29, 1.82) is 0 Å². The molecular weight excluding hydrogens is 328 g/mol. The molecule has 1 atom stereocenters. The average molecular weight is 361 g/mol. The van der Waals surface area contributed by atoms with Gasteiger partial charge in [0.25, 0.3) is 0 Å². The number of piperidine rings is 1. The van der Waals surface area contributed by atoms with Crippen LogP contribution in [0.3, 0.4) is 0 Å². The summed E-state index contributed by atoms with van der Waals surface area (Å²) in [5.74, 6) is 0.696.